The van der Waals surface area contributed by atoms with Gasteiger partial charge in [0, 0.05) is 12.1 Å². The molecule has 1 heterocycles. The van der Waals surface area contributed by atoms with Gasteiger partial charge in [-0.05, 0) is 38.0 Å². The Kier molecular flexibility index (Phi) is 7.76. The predicted molar refractivity (Wildman–Crippen MR) is 105 cm³/mol. The average molecular weight is 440 g/mol. The van der Waals surface area contributed by atoms with Crippen LogP contribution in [-0.2, 0) is 19.2 Å². The fraction of sp³-hybridized carbons (Fsp3) is 0.421. The standard InChI is InChI=1S/C19H22ClN3O7/c1-10(21-17(28)11-4-5-15(25)13(20)7-11)19(30)23-6-2-3-14(23)18(29)22-12(9-24)8-16(26)27/h4-5,7,9-10,12,14,25H,2-3,6,8H2,1H3,(H,21,28)(H,22,29)(H,26,27)/t10?,12?,14-/m0/s1. The lowest BCUT2D eigenvalue weighted by atomic mass is 10.1. The van der Waals surface area contributed by atoms with Crippen LogP contribution < -0.4 is 10.6 Å². The summed E-state index contributed by atoms with van der Waals surface area (Å²) >= 11 is 5.79. The first kappa shape index (κ1) is 23.1. The lowest BCUT2D eigenvalue weighted by Crippen LogP contribution is -2.54. The van der Waals surface area contributed by atoms with Crippen molar-refractivity contribution in [2.75, 3.05) is 6.54 Å². The van der Waals surface area contributed by atoms with E-state index in [2.05, 4.69) is 10.6 Å². The summed E-state index contributed by atoms with van der Waals surface area (Å²) in [4.78, 5) is 60.6. The second-order valence-electron chi connectivity index (χ2n) is 6.90. The molecule has 3 amide bonds. The van der Waals surface area contributed by atoms with Crippen molar-refractivity contribution in [1.29, 1.82) is 0 Å². The topological polar surface area (TPSA) is 153 Å². The smallest absolute Gasteiger partial charge is 0.305 e. The van der Waals surface area contributed by atoms with Crippen molar-refractivity contribution in [2.45, 2.75) is 44.3 Å². The van der Waals surface area contributed by atoms with E-state index in [-0.39, 0.29) is 22.9 Å². The van der Waals surface area contributed by atoms with E-state index in [1.54, 1.807) is 0 Å². The predicted octanol–water partition coefficient (Wildman–Crippen LogP) is 0.313. The molecule has 30 heavy (non-hydrogen) atoms. The minimum atomic E-state index is -1.24. The summed E-state index contributed by atoms with van der Waals surface area (Å²) in [6.07, 6.45) is 0.670. The van der Waals surface area contributed by atoms with Crippen molar-refractivity contribution in [3.8, 4) is 5.75 Å². The number of benzene rings is 1. The fourth-order valence-corrected chi connectivity index (χ4v) is 3.32. The van der Waals surface area contributed by atoms with Crippen molar-refractivity contribution in [1.82, 2.24) is 15.5 Å². The molecule has 0 radical (unpaired) electrons. The molecule has 0 aliphatic carbocycles. The van der Waals surface area contributed by atoms with Crippen molar-refractivity contribution in [2.24, 2.45) is 0 Å². The van der Waals surface area contributed by atoms with E-state index in [4.69, 9.17) is 16.7 Å². The number of carboxylic acid groups (broad SMARTS) is 1. The highest BCUT2D eigenvalue weighted by Crippen LogP contribution is 2.24. The van der Waals surface area contributed by atoms with Gasteiger partial charge >= 0.3 is 5.97 Å². The molecular formula is C19H22ClN3O7. The number of carbonyl (C=O) groups is 5. The molecule has 1 aliphatic rings. The average Bonchev–Trinajstić information content (AvgIpc) is 3.18. The number of phenols is 1. The van der Waals surface area contributed by atoms with Gasteiger partial charge in [-0.2, -0.15) is 0 Å². The van der Waals surface area contributed by atoms with Crippen LogP contribution in [0, 0.1) is 0 Å². The molecule has 10 nitrogen and oxygen atoms in total. The molecule has 2 unspecified atom stereocenters. The third-order valence-electron chi connectivity index (χ3n) is 4.65. The Morgan fingerprint density at radius 2 is 2.00 bits per heavy atom. The van der Waals surface area contributed by atoms with Crippen LogP contribution in [0.1, 0.15) is 36.5 Å². The molecule has 0 bridgehead atoms. The van der Waals surface area contributed by atoms with E-state index < -0.39 is 48.2 Å². The van der Waals surface area contributed by atoms with Crippen molar-refractivity contribution >= 4 is 41.6 Å². The number of aldehydes is 1. The van der Waals surface area contributed by atoms with E-state index in [1.807, 2.05) is 0 Å². The zero-order valence-electron chi connectivity index (χ0n) is 16.1. The molecule has 1 aromatic rings. The Balaban J connectivity index is 2.02. The summed E-state index contributed by atoms with van der Waals surface area (Å²) in [5.41, 5.74) is 0.149. The van der Waals surface area contributed by atoms with Gasteiger partial charge in [0.2, 0.25) is 11.8 Å². The lowest BCUT2D eigenvalue weighted by Gasteiger charge is -2.27. The molecule has 0 spiro atoms. The van der Waals surface area contributed by atoms with Crippen LogP contribution in [-0.4, -0.2) is 69.8 Å². The normalized spacial score (nSPS) is 17.7. The van der Waals surface area contributed by atoms with Crippen LogP contribution >= 0.6 is 11.6 Å². The second-order valence-corrected chi connectivity index (χ2v) is 7.31. The van der Waals surface area contributed by atoms with Crippen LogP contribution in [0.4, 0.5) is 0 Å². The molecule has 1 saturated heterocycles. The number of nitrogens with zero attached hydrogens (tertiary/aromatic N) is 1. The molecule has 1 aromatic carbocycles. The number of hydrogen-bond acceptors (Lipinski definition) is 6. The third-order valence-corrected chi connectivity index (χ3v) is 4.96. The molecule has 1 aliphatic heterocycles. The number of halogens is 1. The summed E-state index contributed by atoms with van der Waals surface area (Å²) in [6.45, 7) is 1.75. The van der Waals surface area contributed by atoms with Crippen LogP contribution in [0.25, 0.3) is 0 Å². The molecule has 0 aromatic heterocycles. The molecule has 4 N–H and O–H groups in total. The Morgan fingerprint density at radius 1 is 1.30 bits per heavy atom. The quantitative estimate of drug-likeness (QED) is 0.425. The summed E-state index contributed by atoms with van der Waals surface area (Å²) in [6, 6.07) is 0.851. The van der Waals surface area contributed by atoms with E-state index in [0.29, 0.717) is 19.1 Å². The highest BCUT2D eigenvalue weighted by molar-refractivity contribution is 6.32. The van der Waals surface area contributed by atoms with Crippen molar-refractivity contribution < 1.29 is 34.2 Å². The number of hydrogen-bond donors (Lipinski definition) is 4. The molecule has 1 fully saturated rings. The van der Waals surface area contributed by atoms with E-state index in [1.165, 1.54) is 30.0 Å². The number of aromatic hydroxyl groups is 1. The Bertz CT molecular complexity index is 861. The number of carbonyl (C=O) groups excluding carboxylic acids is 4. The van der Waals surface area contributed by atoms with E-state index in [0.717, 1.165) is 0 Å². The number of nitrogens with one attached hydrogen (secondary N) is 2. The van der Waals surface area contributed by atoms with Gasteiger partial charge < -0.3 is 30.5 Å². The monoisotopic (exact) mass is 439 g/mol. The zero-order valence-corrected chi connectivity index (χ0v) is 16.9. The summed E-state index contributed by atoms with van der Waals surface area (Å²) in [5.74, 6) is -3.12. The molecule has 0 saturated carbocycles. The maximum Gasteiger partial charge on any atom is 0.305 e. The van der Waals surface area contributed by atoms with E-state index in [9.17, 15) is 29.1 Å². The SMILES string of the molecule is CC(NC(=O)c1ccc(O)c(Cl)c1)C(=O)N1CCC[C@H]1C(=O)NC(C=O)CC(=O)O. The van der Waals surface area contributed by atoms with Gasteiger partial charge in [-0.3, -0.25) is 19.2 Å². The van der Waals surface area contributed by atoms with Crippen molar-refractivity contribution in [3.05, 3.63) is 28.8 Å². The number of carboxylic acids is 1. The van der Waals surface area contributed by atoms with Gasteiger partial charge in [0.15, 0.2) is 0 Å². The summed E-state index contributed by atoms with van der Waals surface area (Å²) in [5, 5.41) is 23.1. The zero-order chi connectivity index (χ0) is 22.4. The van der Waals surface area contributed by atoms with Crippen LogP contribution in [0.3, 0.4) is 0 Å². The maximum absolute atomic E-state index is 12.8. The van der Waals surface area contributed by atoms with Gasteiger partial charge in [-0.25, -0.2) is 0 Å². The number of aliphatic carboxylic acids is 1. The number of rotatable bonds is 8. The van der Waals surface area contributed by atoms with Gasteiger partial charge in [0.25, 0.3) is 5.91 Å². The highest BCUT2D eigenvalue weighted by Gasteiger charge is 2.37. The lowest BCUT2D eigenvalue weighted by molar-refractivity contribution is -0.141. The number of amides is 3. The Hall–Kier alpha value is -3.14. The largest absolute Gasteiger partial charge is 0.506 e. The molecule has 2 rings (SSSR count). The first-order valence-electron chi connectivity index (χ1n) is 9.21. The minimum absolute atomic E-state index is 0.0102. The van der Waals surface area contributed by atoms with Crippen LogP contribution in [0.2, 0.25) is 5.02 Å². The van der Waals surface area contributed by atoms with Crippen LogP contribution in [0.15, 0.2) is 18.2 Å². The molecule has 162 valence electrons. The van der Waals surface area contributed by atoms with Gasteiger partial charge in [0.05, 0.1) is 17.5 Å². The number of likely N-dealkylation sites (tertiary alicyclic amines) is 1. The molecule has 11 heteroatoms. The Morgan fingerprint density at radius 3 is 2.60 bits per heavy atom. The summed E-state index contributed by atoms with van der Waals surface area (Å²) in [7, 11) is 0. The highest BCUT2D eigenvalue weighted by atomic mass is 35.5. The fourth-order valence-electron chi connectivity index (χ4n) is 3.14. The van der Waals surface area contributed by atoms with Crippen molar-refractivity contribution in [3.63, 3.8) is 0 Å². The first-order valence-corrected chi connectivity index (χ1v) is 9.59. The van der Waals surface area contributed by atoms with E-state index >= 15 is 0 Å². The Labute approximate surface area is 177 Å². The first-order chi connectivity index (χ1) is 14.1. The molecular weight excluding hydrogens is 418 g/mol. The summed E-state index contributed by atoms with van der Waals surface area (Å²) < 4.78 is 0. The van der Waals surface area contributed by atoms with Gasteiger partial charge in [-0.15, -0.1) is 0 Å². The number of phenolic OH excluding ortho intramolecular Hbond substituents is 1. The van der Waals surface area contributed by atoms with Crippen LogP contribution in [0.5, 0.6) is 5.75 Å². The van der Waals surface area contributed by atoms with Gasteiger partial charge in [0.1, 0.15) is 24.1 Å². The molecule has 3 atom stereocenters. The third kappa shape index (κ3) is 5.69. The second kappa shape index (κ2) is 10.1. The van der Waals surface area contributed by atoms with Gasteiger partial charge in [-0.1, -0.05) is 11.6 Å². The minimum Gasteiger partial charge on any atom is -0.506 e. The maximum atomic E-state index is 12.8.